The van der Waals surface area contributed by atoms with Gasteiger partial charge in [0.15, 0.2) is 0 Å². The molecule has 7 nitrogen and oxygen atoms in total. The van der Waals surface area contributed by atoms with E-state index in [0.717, 1.165) is 25.1 Å². The van der Waals surface area contributed by atoms with Crippen molar-refractivity contribution < 1.29 is 13.2 Å². The molecule has 148 valence electrons. The summed E-state index contributed by atoms with van der Waals surface area (Å²) in [5.41, 5.74) is 1.80. The molecule has 0 atom stereocenters. The number of benzene rings is 1. The Labute approximate surface area is 161 Å². The highest BCUT2D eigenvalue weighted by atomic mass is 32.2. The molecular weight excluding hydrogens is 364 g/mol. The monoisotopic (exact) mass is 392 g/mol. The van der Waals surface area contributed by atoms with Crippen LogP contribution in [0.15, 0.2) is 35.4 Å². The van der Waals surface area contributed by atoms with Crippen molar-refractivity contribution in [2.24, 2.45) is 0 Å². The number of anilines is 2. The largest absolute Gasteiger partial charge is 0.496 e. The number of methoxy groups -OCH3 is 1. The summed E-state index contributed by atoms with van der Waals surface area (Å²) < 4.78 is 33.3. The molecule has 0 aliphatic heterocycles. The van der Waals surface area contributed by atoms with E-state index in [0.29, 0.717) is 22.8 Å². The van der Waals surface area contributed by atoms with Crippen LogP contribution < -0.4 is 14.8 Å². The van der Waals surface area contributed by atoms with Gasteiger partial charge in [-0.1, -0.05) is 0 Å². The lowest BCUT2D eigenvalue weighted by molar-refractivity contribution is 0.405. The van der Waals surface area contributed by atoms with Crippen LogP contribution in [0.3, 0.4) is 0 Å². The van der Waals surface area contributed by atoms with Gasteiger partial charge in [0.1, 0.15) is 11.6 Å². The van der Waals surface area contributed by atoms with Crippen LogP contribution in [-0.4, -0.2) is 52.6 Å². The number of rotatable bonds is 9. The zero-order valence-electron chi connectivity index (χ0n) is 16.5. The van der Waals surface area contributed by atoms with E-state index in [2.05, 4.69) is 19.9 Å². The average Bonchev–Trinajstić information content (AvgIpc) is 2.61. The van der Waals surface area contributed by atoms with Gasteiger partial charge in [0.05, 0.1) is 23.9 Å². The lowest BCUT2D eigenvalue weighted by Crippen LogP contribution is -2.17. The second kappa shape index (κ2) is 9.05. The molecule has 0 spiro atoms. The molecule has 8 heteroatoms. The van der Waals surface area contributed by atoms with Crippen molar-refractivity contribution in [2.45, 2.75) is 25.2 Å². The molecule has 0 amide bonds. The second-order valence-corrected chi connectivity index (χ2v) is 8.36. The van der Waals surface area contributed by atoms with E-state index in [1.807, 2.05) is 21.0 Å². The van der Waals surface area contributed by atoms with E-state index in [1.54, 1.807) is 38.3 Å². The van der Waals surface area contributed by atoms with Crippen LogP contribution in [0.1, 0.15) is 17.5 Å². The summed E-state index contributed by atoms with van der Waals surface area (Å²) in [7, 11) is 1.93. The summed E-state index contributed by atoms with van der Waals surface area (Å²) >= 11 is 0. The number of aromatic nitrogens is 1. The zero-order valence-corrected chi connectivity index (χ0v) is 17.4. The highest BCUT2D eigenvalue weighted by Crippen LogP contribution is 2.27. The van der Waals surface area contributed by atoms with E-state index in [9.17, 15) is 8.42 Å². The standard InChI is InChI=1S/C19H28N4O3S/c1-14-12-18(15(2)11-17(14)26-5)27(24,25)22-16-7-8-19(21-13-16)20-9-6-10-23(3)4/h7-8,11-13,22H,6,9-10H2,1-5H3,(H,20,21). The summed E-state index contributed by atoms with van der Waals surface area (Å²) in [6, 6.07) is 6.80. The predicted octanol–water partition coefficient (Wildman–Crippen LogP) is 2.87. The number of nitrogens with zero attached hydrogens (tertiary/aromatic N) is 2. The fourth-order valence-electron chi connectivity index (χ4n) is 2.65. The summed E-state index contributed by atoms with van der Waals surface area (Å²) in [6.07, 6.45) is 2.51. The van der Waals surface area contributed by atoms with Gasteiger partial charge in [-0.15, -0.1) is 0 Å². The van der Waals surface area contributed by atoms with Gasteiger partial charge in [-0.3, -0.25) is 4.72 Å². The molecule has 27 heavy (non-hydrogen) atoms. The first-order valence-corrected chi connectivity index (χ1v) is 10.2. The third kappa shape index (κ3) is 5.83. The molecule has 2 N–H and O–H groups in total. The van der Waals surface area contributed by atoms with Crippen LogP contribution >= 0.6 is 0 Å². The van der Waals surface area contributed by atoms with E-state index < -0.39 is 10.0 Å². The maximum atomic E-state index is 12.7. The van der Waals surface area contributed by atoms with Crippen molar-refractivity contribution in [2.75, 3.05) is 44.3 Å². The summed E-state index contributed by atoms with van der Waals surface area (Å²) in [5, 5.41) is 3.22. The lowest BCUT2D eigenvalue weighted by atomic mass is 10.1. The van der Waals surface area contributed by atoms with Crippen molar-refractivity contribution in [3.63, 3.8) is 0 Å². The summed E-state index contributed by atoms with van der Waals surface area (Å²) in [4.78, 5) is 6.62. The molecule has 0 aliphatic rings. The molecule has 1 aromatic heterocycles. The smallest absolute Gasteiger partial charge is 0.262 e. The number of nitrogens with one attached hydrogen (secondary N) is 2. The Kier molecular flexibility index (Phi) is 7.04. The lowest BCUT2D eigenvalue weighted by Gasteiger charge is -2.14. The maximum Gasteiger partial charge on any atom is 0.262 e. The first-order chi connectivity index (χ1) is 12.7. The Morgan fingerprint density at radius 2 is 1.89 bits per heavy atom. The average molecular weight is 393 g/mol. The Bertz CT molecular complexity index is 865. The molecule has 1 heterocycles. The van der Waals surface area contributed by atoms with Crippen molar-refractivity contribution in [3.8, 4) is 5.75 Å². The second-order valence-electron chi connectivity index (χ2n) is 6.71. The van der Waals surface area contributed by atoms with E-state index in [4.69, 9.17) is 4.74 Å². The van der Waals surface area contributed by atoms with Gasteiger partial charge in [-0.05, 0) is 76.3 Å². The minimum atomic E-state index is -3.71. The number of ether oxygens (including phenoxy) is 1. The van der Waals surface area contributed by atoms with Gasteiger partial charge < -0.3 is 15.0 Å². The Morgan fingerprint density at radius 1 is 1.15 bits per heavy atom. The van der Waals surface area contributed by atoms with Crippen LogP contribution in [0.2, 0.25) is 0 Å². The SMILES string of the molecule is COc1cc(C)c(S(=O)(=O)Nc2ccc(NCCCN(C)C)nc2)cc1C. The van der Waals surface area contributed by atoms with Crippen molar-refractivity contribution in [3.05, 3.63) is 41.6 Å². The highest BCUT2D eigenvalue weighted by molar-refractivity contribution is 7.92. The molecule has 0 unspecified atom stereocenters. The highest BCUT2D eigenvalue weighted by Gasteiger charge is 2.19. The number of pyridine rings is 1. The van der Waals surface area contributed by atoms with Gasteiger partial charge in [0.25, 0.3) is 10.0 Å². The van der Waals surface area contributed by atoms with E-state index in [1.165, 1.54) is 6.20 Å². The molecule has 2 rings (SSSR count). The first-order valence-electron chi connectivity index (χ1n) is 8.75. The molecule has 1 aromatic carbocycles. The number of hydrogen-bond donors (Lipinski definition) is 2. The van der Waals surface area contributed by atoms with Crippen molar-refractivity contribution in [1.82, 2.24) is 9.88 Å². The van der Waals surface area contributed by atoms with Crippen LogP contribution in [-0.2, 0) is 10.0 Å². The molecule has 0 saturated carbocycles. The van der Waals surface area contributed by atoms with Crippen LogP contribution in [0.25, 0.3) is 0 Å². The molecule has 2 aromatic rings. The Morgan fingerprint density at radius 3 is 2.48 bits per heavy atom. The van der Waals surface area contributed by atoms with Gasteiger partial charge in [0, 0.05) is 6.54 Å². The third-order valence-electron chi connectivity index (χ3n) is 4.09. The minimum Gasteiger partial charge on any atom is -0.496 e. The summed E-state index contributed by atoms with van der Waals surface area (Å²) in [6.45, 7) is 5.36. The summed E-state index contributed by atoms with van der Waals surface area (Å²) in [5.74, 6) is 1.38. The van der Waals surface area contributed by atoms with Crippen LogP contribution in [0.4, 0.5) is 11.5 Å². The fraction of sp³-hybridized carbons (Fsp3) is 0.421. The van der Waals surface area contributed by atoms with Gasteiger partial charge >= 0.3 is 0 Å². The topological polar surface area (TPSA) is 83.6 Å². The van der Waals surface area contributed by atoms with Crippen LogP contribution in [0.5, 0.6) is 5.75 Å². The Hall–Kier alpha value is -2.32. The van der Waals surface area contributed by atoms with Crippen LogP contribution in [0, 0.1) is 13.8 Å². The number of hydrogen-bond acceptors (Lipinski definition) is 6. The van der Waals surface area contributed by atoms with Gasteiger partial charge in [0.2, 0.25) is 0 Å². The van der Waals surface area contributed by atoms with Crippen molar-refractivity contribution >= 4 is 21.5 Å². The molecule has 0 radical (unpaired) electrons. The number of aryl methyl sites for hydroxylation is 2. The van der Waals surface area contributed by atoms with Gasteiger partial charge in [-0.25, -0.2) is 13.4 Å². The van der Waals surface area contributed by atoms with E-state index >= 15 is 0 Å². The third-order valence-corrected chi connectivity index (χ3v) is 5.61. The fourth-order valence-corrected chi connectivity index (χ4v) is 4.01. The maximum absolute atomic E-state index is 12.7. The molecular formula is C19H28N4O3S. The first kappa shape index (κ1) is 21.0. The van der Waals surface area contributed by atoms with Crippen molar-refractivity contribution in [1.29, 1.82) is 0 Å². The molecule has 0 bridgehead atoms. The Balaban J connectivity index is 2.06. The molecule has 0 aliphatic carbocycles. The zero-order chi connectivity index (χ0) is 20.0. The minimum absolute atomic E-state index is 0.228. The normalized spacial score (nSPS) is 11.5. The number of sulfonamides is 1. The van der Waals surface area contributed by atoms with E-state index in [-0.39, 0.29) is 4.90 Å². The quantitative estimate of drug-likeness (QED) is 0.639. The predicted molar refractivity (Wildman–Crippen MR) is 109 cm³/mol. The molecule has 0 fully saturated rings. The molecule has 0 saturated heterocycles. The van der Waals surface area contributed by atoms with Gasteiger partial charge in [-0.2, -0.15) is 0 Å².